The number of carbonyl (C=O) groups excluding carboxylic acids is 2. The quantitative estimate of drug-likeness (QED) is 0.461. The van der Waals surface area contributed by atoms with E-state index in [1.807, 2.05) is 0 Å². The number of hydrogen-bond donors (Lipinski definition) is 3. The molecule has 2 atom stereocenters. The average Bonchev–Trinajstić information content (AvgIpc) is 3.33. The molecule has 0 bridgehead atoms. The first-order valence-corrected chi connectivity index (χ1v) is 9.58. The molecule has 13 heteroatoms. The second-order valence-electron chi connectivity index (χ2n) is 7.53. The standard InChI is InChI=1S/C18H21F3N6O4/c19-11-7-10(1-2-12(11)25-3-4-27(16(22)23)30-6-5-25)26-9-18(31-17(26)29)8-13(18)24-15(28)14(20)21/h1-2,7,13-14H,3-6,8-9H2,(H3,22,23)(H,24,28)/t13?,18-/m1/s1. The molecule has 4 rings (SSSR count). The van der Waals surface area contributed by atoms with E-state index in [2.05, 4.69) is 5.32 Å². The minimum atomic E-state index is -3.15. The number of nitrogens with two attached hydrogens (primary N) is 1. The van der Waals surface area contributed by atoms with E-state index >= 15 is 0 Å². The molecule has 1 spiro atoms. The molecule has 2 saturated heterocycles. The van der Waals surface area contributed by atoms with Crippen LogP contribution in [-0.2, 0) is 14.4 Å². The minimum Gasteiger partial charge on any atom is -0.438 e. The first kappa shape index (κ1) is 21.0. The number of rotatable bonds is 4. The zero-order valence-electron chi connectivity index (χ0n) is 16.3. The summed E-state index contributed by atoms with van der Waals surface area (Å²) in [5, 5.41) is 10.8. The minimum absolute atomic E-state index is 0.0178. The van der Waals surface area contributed by atoms with E-state index in [0.717, 1.165) is 0 Å². The van der Waals surface area contributed by atoms with Gasteiger partial charge in [0.15, 0.2) is 5.60 Å². The highest BCUT2D eigenvalue weighted by Gasteiger charge is 2.64. The number of hydroxylamine groups is 2. The number of ether oxygens (including phenoxy) is 1. The summed E-state index contributed by atoms with van der Waals surface area (Å²) in [4.78, 5) is 31.8. The third-order valence-corrected chi connectivity index (χ3v) is 5.51. The Balaban J connectivity index is 1.43. The van der Waals surface area contributed by atoms with Crippen molar-refractivity contribution in [1.29, 1.82) is 5.41 Å². The van der Waals surface area contributed by atoms with Gasteiger partial charge in [0.05, 0.1) is 37.1 Å². The van der Waals surface area contributed by atoms with Gasteiger partial charge in [-0.1, -0.05) is 0 Å². The molecule has 1 aromatic carbocycles. The summed E-state index contributed by atoms with van der Waals surface area (Å²) in [7, 11) is 0. The average molecular weight is 442 g/mol. The molecular weight excluding hydrogens is 421 g/mol. The molecule has 31 heavy (non-hydrogen) atoms. The summed E-state index contributed by atoms with van der Waals surface area (Å²) in [6.07, 6.45) is -3.67. The lowest BCUT2D eigenvalue weighted by atomic mass is 10.2. The molecule has 0 radical (unpaired) electrons. The first-order chi connectivity index (χ1) is 14.7. The van der Waals surface area contributed by atoms with Crippen LogP contribution in [0.4, 0.5) is 29.3 Å². The van der Waals surface area contributed by atoms with E-state index in [9.17, 15) is 22.8 Å². The van der Waals surface area contributed by atoms with Crippen molar-refractivity contribution in [2.24, 2.45) is 5.73 Å². The Labute approximate surface area is 175 Å². The molecule has 2 heterocycles. The Morgan fingerprint density at radius 3 is 2.77 bits per heavy atom. The molecule has 4 N–H and O–H groups in total. The summed E-state index contributed by atoms with van der Waals surface area (Å²) >= 11 is 0. The number of alkyl halides is 2. The van der Waals surface area contributed by atoms with Crippen LogP contribution >= 0.6 is 0 Å². The summed E-state index contributed by atoms with van der Waals surface area (Å²) in [5.41, 5.74) is 4.89. The molecule has 1 aliphatic carbocycles. The zero-order valence-corrected chi connectivity index (χ0v) is 16.3. The van der Waals surface area contributed by atoms with E-state index in [1.54, 1.807) is 11.0 Å². The predicted molar refractivity (Wildman–Crippen MR) is 102 cm³/mol. The summed E-state index contributed by atoms with van der Waals surface area (Å²) in [6, 6.07) is 3.57. The molecular formula is C18H21F3N6O4. The molecule has 1 aromatic rings. The summed E-state index contributed by atoms with van der Waals surface area (Å²) in [5.74, 6) is -2.22. The SMILES string of the molecule is N=C(N)N1CCN(c2ccc(N3C[C@@]4(CC4NC(=O)C(F)F)OC3=O)cc2F)CCO1. The van der Waals surface area contributed by atoms with Crippen LogP contribution in [-0.4, -0.2) is 73.9 Å². The lowest BCUT2D eigenvalue weighted by Crippen LogP contribution is -2.38. The molecule has 3 aliphatic rings. The highest BCUT2D eigenvalue weighted by atomic mass is 19.3. The molecule has 2 aliphatic heterocycles. The van der Waals surface area contributed by atoms with Crippen LogP contribution in [0.25, 0.3) is 0 Å². The van der Waals surface area contributed by atoms with Crippen molar-refractivity contribution in [3.63, 3.8) is 0 Å². The van der Waals surface area contributed by atoms with Crippen LogP contribution in [0.1, 0.15) is 6.42 Å². The monoisotopic (exact) mass is 442 g/mol. The second kappa shape index (κ2) is 7.80. The number of anilines is 2. The normalized spacial score (nSPS) is 25.6. The van der Waals surface area contributed by atoms with Crippen molar-refractivity contribution >= 4 is 29.3 Å². The number of nitrogens with one attached hydrogen (secondary N) is 2. The fourth-order valence-corrected chi connectivity index (χ4v) is 3.78. The predicted octanol–water partition coefficient (Wildman–Crippen LogP) is 0.622. The highest BCUT2D eigenvalue weighted by molar-refractivity contribution is 5.91. The Hall–Kier alpha value is -3.22. The van der Waals surface area contributed by atoms with Gasteiger partial charge in [-0.2, -0.15) is 8.78 Å². The number of halogens is 3. The number of nitrogens with zero attached hydrogens (tertiary/aromatic N) is 3. The van der Waals surface area contributed by atoms with E-state index in [1.165, 1.54) is 22.1 Å². The Kier molecular flexibility index (Phi) is 5.29. The van der Waals surface area contributed by atoms with Gasteiger partial charge in [-0.05, 0) is 18.2 Å². The number of amides is 2. The molecule has 1 saturated carbocycles. The molecule has 168 valence electrons. The van der Waals surface area contributed by atoms with Gasteiger partial charge >= 0.3 is 12.5 Å². The maximum absolute atomic E-state index is 14.9. The Bertz CT molecular complexity index is 918. The van der Waals surface area contributed by atoms with Crippen LogP contribution in [0.2, 0.25) is 0 Å². The Morgan fingerprint density at radius 1 is 1.32 bits per heavy atom. The van der Waals surface area contributed by atoms with Crippen molar-refractivity contribution in [3.8, 4) is 0 Å². The molecule has 1 unspecified atom stereocenters. The van der Waals surface area contributed by atoms with Crippen molar-refractivity contribution < 1.29 is 32.3 Å². The van der Waals surface area contributed by atoms with E-state index in [0.29, 0.717) is 18.8 Å². The smallest absolute Gasteiger partial charge is 0.415 e. The lowest BCUT2D eigenvalue weighted by molar-refractivity contribution is -0.132. The maximum atomic E-state index is 14.9. The van der Waals surface area contributed by atoms with Gasteiger partial charge in [-0.25, -0.2) is 14.2 Å². The lowest BCUT2D eigenvalue weighted by Gasteiger charge is -2.23. The Morgan fingerprint density at radius 2 is 2.10 bits per heavy atom. The van der Waals surface area contributed by atoms with Gasteiger partial charge < -0.3 is 20.7 Å². The number of guanidine groups is 1. The maximum Gasteiger partial charge on any atom is 0.415 e. The van der Waals surface area contributed by atoms with Crippen molar-refractivity contribution in [2.45, 2.75) is 24.5 Å². The highest BCUT2D eigenvalue weighted by Crippen LogP contribution is 2.46. The van der Waals surface area contributed by atoms with Crippen LogP contribution in [0, 0.1) is 11.2 Å². The van der Waals surface area contributed by atoms with Crippen LogP contribution in [0.5, 0.6) is 0 Å². The third kappa shape index (κ3) is 4.04. The number of hydrogen-bond acceptors (Lipinski definition) is 6. The molecule has 10 nitrogen and oxygen atoms in total. The summed E-state index contributed by atoms with van der Waals surface area (Å²) < 4.78 is 45.0. The van der Waals surface area contributed by atoms with Gasteiger partial charge in [0, 0.05) is 19.5 Å². The van der Waals surface area contributed by atoms with Crippen molar-refractivity contribution in [2.75, 3.05) is 42.6 Å². The number of benzene rings is 1. The van der Waals surface area contributed by atoms with Gasteiger partial charge in [-0.15, -0.1) is 0 Å². The van der Waals surface area contributed by atoms with Crippen LogP contribution < -0.4 is 20.9 Å². The molecule has 2 amide bonds. The molecule has 0 aromatic heterocycles. The van der Waals surface area contributed by atoms with Crippen LogP contribution in [0.3, 0.4) is 0 Å². The van der Waals surface area contributed by atoms with Gasteiger partial charge in [0.25, 0.3) is 5.91 Å². The van der Waals surface area contributed by atoms with Gasteiger partial charge in [-0.3, -0.25) is 19.9 Å². The van der Waals surface area contributed by atoms with E-state index < -0.39 is 35.9 Å². The van der Waals surface area contributed by atoms with Gasteiger partial charge in [0.1, 0.15) is 5.82 Å². The zero-order chi connectivity index (χ0) is 22.3. The topological polar surface area (TPSA) is 124 Å². The van der Waals surface area contributed by atoms with Crippen LogP contribution in [0.15, 0.2) is 18.2 Å². The van der Waals surface area contributed by atoms with Gasteiger partial charge in [0.2, 0.25) is 5.96 Å². The first-order valence-electron chi connectivity index (χ1n) is 9.58. The van der Waals surface area contributed by atoms with E-state index in [-0.39, 0.29) is 37.8 Å². The van der Waals surface area contributed by atoms with Crippen molar-refractivity contribution in [1.82, 2.24) is 10.4 Å². The molecule has 3 fully saturated rings. The largest absolute Gasteiger partial charge is 0.438 e. The van der Waals surface area contributed by atoms with Crippen molar-refractivity contribution in [3.05, 3.63) is 24.0 Å². The van der Waals surface area contributed by atoms with E-state index in [4.69, 9.17) is 20.7 Å². The third-order valence-electron chi connectivity index (χ3n) is 5.51. The summed E-state index contributed by atoms with van der Waals surface area (Å²) in [6.45, 7) is 1.26. The fourth-order valence-electron chi connectivity index (χ4n) is 3.78. The second-order valence-corrected chi connectivity index (χ2v) is 7.53. The fraction of sp³-hybridized carbons (Fsp3) is 0.500. The number of carbonyl (C=O) groups is 2.